The van der Waals surface area contributed by atoms with Gasteiger partial charge in [-0.05, 0) is 19.3 Å². The fraction of sp³-hybridized carbons (Fsp3) is 0.875. The fourth-order valence-electron chi connectivity index (χ4n) is 1.73. The maximum Gasteiger partial charge on any atom is 0.235 e. The van der Waals surface area contributed by atoms with Gasteiger partial charge in [-0.1, -0.05) is 13.3 Å². The number of aliphatic imine (C=N–C) groups is 1. The van der Waals surface area contributed by atoms with Crippen LogP contribution in [0.4, 0.5) is 0 Å². The lowest BCUT2D eigenvalue weighted by atomic mass is 9.72. The highest BCUT2D eigenvalue weighted by Gasteiger charge is 2.42. The Morgan fingerprint density at radius 1 is 1.73 bits per heavy atom. The van der Waals surface area contributed by atoms with Gasteiger partial charge in [-0.2, -0.15) is 4.99 Å². The second-order valence-electron chi connectivity index (χ2n) is 3.24. The van der Waals surface area contributed by atoms with Gasteiger partial charge in [-0.3, -0.25) is 0 Å². The normalized spacial score (nSPS) is 35.6. The summed E-state index contributed by atoms with van der Waals surface area (Å²) in [4.78, 5) is 13.8. The van der Waals surface area contributed by atoms with Crippen LogP contribution in [0.25, 0.3) is 0 Å². The Bertz CT molecular complexity index is 173. The lowest BCUT2D eigenvalue weighted by Crippen LogP contribution is -2.45. The Morgan fingerprint density at radius 2 is 2.36 bits per heavy atom. The van der Waals surface area contributed by atoms with Gasteiger partial charge in [0.05, 0.1) is 11.6 Å². The van der Waals surface area contributed by atoms with Crippen molar-refractivity contribution in [1.29, 1.82) is 0 Å². The summed E-state index contributed by atoms with van der Waals surface area (Å²) in [6, 6.07) is 0. The summed E-state index contributed by atoms with van der Waals surface area (Å²) in [5.41, 5.74) is -0.254. The molecule has 1 rings (SSSR count). The molecule has 3 heteroatoms. The van der Waals surface area contributed by atoms with E-state index in [1.807, 2.05) is 6.92 Å². The highest BCUT2D eigenvalue weighted by atomic mass is 16.3. The molecule has 0 unspecified atom stereocenters. The Morgan fingerprint density at radius 3 is 2.73 bits per heavy atom. The Hall–Kier alpha value is -0.660. The van der Waals surface area contributed by atoms with Crippen molar-refractivity contribution >= 4 is 6.08 Å². The number of aliphatic hydroxyl groups is 1. The van der Waals surface area contributed by atoms with Crippen molar-refractivity contribution in [3.8, 4) is 0 Å². The molecule has 1 N–H and O–H groups in total. The van der Waals surface area contributed by atoms with Crippen LogP contribution in [-0.4, -0.2) is 22.8 Å². The van der Waals surface area contributed by atoms with Crippen LogP contribution in [0.3, 0.4) is 0 Å². The molecule has 0 spiro atoms. The first-order valence-electron chi connectivity index (χ1n) is 3.99. The molecule has 0 amide bonds. The van der Waals surface area contributed by atoms with Crippen LogP contribution in [0.1, 0.15) is 32.6 Å². The molecule has 0 radical (unpaired) electrons. The lowest BCUT2D eigenvalue weighted by molar-refractivity contribution is 0.0198. The minimum atomic E-state index is -0.254. The average molecular weight is 155 g/mol. The highest BCUT2D eigenvalue weighted by molar-refractivity contribution is 5.35. The van der Waals surface area contributed by atoms with E-state index in [1.165, 1.54) is 0 Å². The summed E-state index contributed by atoms with van der Waals surface area (Å²) in [7, 11) is 0. The van der Waals surface area contributed by atoms with E-state index in [1.54, 1.807) is 6.08 Å². The van der Waals surface area contributed by atoms with Crippen LogP contribution in [0, 0.1) is 0 Å². The van der Waals surface area contributed by atoms with Crippen LogP contribution in [0.5, 0.6) is 0 Å². The molecular weight excluding hydrogens is 142 g/mol. The molecule has 1 aliphatic rings. The third-order valence-corrected chi connectivity index (χ3v) is 2.23. The van der Waals surface area contributed by atoms with Crippen LogP contribution >= 0.6 is 0 Å². The zero-order valence-corrected chi connectivity index (χ0v) is 6.71. The van der Waals surface area contributed by atoms with E-state index in [9.17, 15) is 4.79 Å². The molecule has 0 saturated heterocycles. The van der Waals surface area contributed by atoms with Crippen molar-refractivity contribution in [2.45, 2.75) is 44.2 Å². The van der Waals surface area contributed by atoms with Crippen LogP contribution in [0.15, 0.2) is 4.99 Å². The van der Waals surface area contributed by atoms with Gasteiger partial charge in [-0.25, -0.2) is 4.79 Å². The van der Waals surface area contributed by atoms with E-state index in [0.29, 0.717) is 12.8 Å². The SMILES string of the molecule is CCCC1(N=C=O)CC(O)C1. The monoisotopic (exact) mass is 155 g/mol. The molecule has 0 atom stereocenters. The molecule has 1 saturated carbocycles. The van der Waals surface area contributed by atoms with Crippen molar-refractivity contribution in [3.63, 3.8) is 0 Å². The van der Waals surface area contributed by atoms with Crippen molar-refractivity contribution in [2.75, 3.05) is 0 Å². The molecule has 0 aromatic heterocycles. The standard InChI is InChI=1S/C8H13NO2/c1-2-3-8(9-6-10)4-7(11)5-8/h7,11H,2-5H2,1H3. The van der Waals surface area contributed by atoms with Crippen molar-refractivity contribution < 1.29 is 9.90 Å². The molecule has 1 fully saturated rings. The lowest BCUT2D eigenvalue weighted by Gasteiger charge is -2.40. The number of carbonyl (C=O) groups excluding carboxylic acids is 1. The van der Waals surface area contributed by atoms with Crippen LogP contribution in [0.2, 0.25) is 0 Å². The first kappa shape index (κ1) is 8.44. The molecule has 1 aliphatic carbocycles. The number of rotatable bonds is 3. The number of hydrogen-bond donors (Lipinski definition) is 1. The summed E-state index contributed by atoms with van der Waals surface area (Å²) in [5, 5.41) is 9.05. The summed E-state index contributed by atoms with van der Waals surface area (Å²) in [6.07, 6.45) is 4.48. The summed E-state index contributed by atoms with van der Waals surface area (Å²) >= 11 is 0. The Labute approximate surface area is 66.1 Å². The maximum atomic E-state index is 10.0. The molecule has 11 heavy (non-hydrogen) atoms. The summed E-state index contributed by atoms with van der Waals surface area (Å²) < 4.78 is 0. The fourth-order valence-corrected chi connectivity index (χ4v) is 1.73. The van der Waals surface area contributed by atoms with Gasteiger partial charge < -0.3 is 5.11 Å². The minimum Gasteiger partial charge on any atom is -0.393 e. The first-order valence-corrected chi connectivity index (χ1v) is 3.99. The summed E-state index contributed by atoms with van der Waals surface area (Å²) in [5.74, 6) is 0. The van der Waals surface area contributed by atoms with Crippen molar-refractivity contribution in [2.24, 2.45) is 4.99 Å². The van der Waals surface area contributed by atoms with Gasteiger partial charge in [0.25, 0.3) is 0 Å². The molecule has 62 valence electrons. The summed E-state index contributed by atoms with van der Waals surface area (Å²) in [6.45, 7) is 2.05. The van der Waals surface area contributed by atoms with Gasteiger partial charge in [0.2, 0.25) is 6.08 Å². The second kappa shape index (κ2) is 3.16. The zero-order valence-electron chi connectivity index (χ0n) is 6.71. The largest absolute Gasteiger partial charge is 0.393 e. The quantitative estimate of drug-likeness (QED) is 0.488. The van der Waals surface area contributed by atoms with E-state index in [4.69, 9.17) is 5.11 Å². The zero-order chi connectivity index (χ0) is 8.32. The molecule has 0 aromatic rings. The van der Waals surface area contributed by atoms with E-state index in [2.05, 4.69) is 4.99 Å². The third kappa shape index (κ3) is 1.67. The maximum absolute atomic E-state index is 10.0. The number of isocyanates is 1. The predicted molar refractivity (Wildman–Crippen MR) is 41.0 cm³/mol. The smallest absolute Gasteiger partial charge is 0.235 e. The second-order valence-corrected chi connectivity index (χ2v) is 3.24. The van der Waals surface area contributed by atoms with Crippen molar-refractivity contribution in [3.05, 3.63) is 0 Å². The molecule has 3 nitrogen and oxygen atoms in total. The molecular formula is C8H13NO2. The average Bonchev–Trinajstić information content (AvgIpc) is 1.86. The minimum absolute atomic E-state index is 0.251. The molecule has 0 aromatic carbocycles. The third-order valence-electron chi connectivity index (χ3n) is 2.23. The van der Waals surface area contributed by atoms with E-state index < -0.39 is 0 Å². The number of hydrogen-bond acceptors (Lipinski definition) is 3. The number of nitrogens with zero attached hydrogens (tertiary/aromatic N) is 1. The predicted octanol–water partition coefficient (Wildman–Crippen LogP) is 1.02. The van der Waals surface area contributed by atoms with E-state index >= 15 is 0 Å². The molecule has 0 bridgehead atoms. The van der Waals surface area contributed by atoms with Gasteiger partial charge >= 0.3 is 0 Å². The van der Waals surface area contributed by atoms with Crippen LogP contribution < -0.4 is 0 Å². The molecule has 0 heterocycles. The van der Waals surface area contributed by atoms with Gasteiger partial charge in [-0.15, -0.1) is 0 Å². The van der Waals surface area contributed by atoms with Gasteiger partial charge in [0.1, 0.15) is 0 Å². The molecule has 0 aliphatic heterocycles. The Kier molecular flexibility index (Phi) is 2.42. The van der Waals surface area contributed by atoms with Gasteiger partial charge in [0, 0.05) is 0 Å². The van der Waals surface area contributed by atoms with E-state index in [0.717, 1.165) is 12.8 Å². The highest BCUT2D eigenvalue weighted by Crippen LogP contribution is 2.39. The Balaban J connectivity index is 2.52. The first-order chi connectivity index (χ1) is 5.22. The van der Waals surface area contributed by atoms with Gasteiger partial charge in [0.15, 0.2) is 0 Å². The number of aliphatic hydroxyl groups excluding tert-OH is 1. The van der Waals surface area contributed by atoms with Crippen LogP contribution in [-0.2, 0) is 4.79 Å². The van der Waals surface area contributed by atoms with E-state index in [-0.39, 0.29) is 11.6 Å². The van der Waals surface area contributed by atoms with Crippen molar-refractivity contribution in [1.82, 2.24) is 0 Å². The topological polar surface area (TPSA) is 49.7 Å².